The van der Waals surface area contributed by atoms with E-state index in [1.165, 1.54) is 5.56 Å². The zero-order chi connectivity index (χ0) is 20.6. The van der Waals surface area contributed by atoms with Crippen molar-refractivity contribution < 1.29 is 14.4 Å². The Balaban J connectivity index is 1.47. The number of aryl methyl sites for hydroxylation is 1. The lowest BCUT2D eigenvalue weighted by atomic mass is 10.1. The normalized spacial score (nSPS) is 13.4. The third-order valence-corrected chi connectivity index (χ3v) is 4.98. The number of hydrogen-bond donors (Lipinski definition) is 2. The highest BCUT2D eigenvalue weighted by Crippen LogP contribution is 2.21. The monoisotopic (exact) mass is 393 g/mol. The summed E-state index contributed by atoms with van der Waals surface area (Å²) in [5.74, 6) is -0.495. The summed E-state index contributed by atoms with van der Waals surface area (Å²) in [7, 11) is 0. The molecule has 0 spiro atoms. The van der Waals surface area contributed by atoms with Crippen molar-refractivity contribution in [2.45, 2.75) is 39.0 Å². The molecule has 2 N–H and O–H groups in total. The van der Waals surface area contributed by atoms with Gasteiger partial charge in [-0.15, -0.1) is 0 Å². The molecule has 0 unspecified atom stereocenters. The molecule has 0 radical (unpaired) electrons. The van der Waals surface area contributed by atoms with Gasteiger partial charge in [-0.1, -0.05) is 25.5 Å². The van der Waals surface area contributed by atoms with Crippen LogP contribution in [-0.4, -0.2) is 30.8 Å². The fraction of sp³-hybridized carbons (Fsp3) is 0.348. The summed E-state index contributed by atoms with van der Waals surface area (Å²) in [5.41, 5.74) is 3.21. The first-order valence-corrected chi connectivity index (χ1v) is 10.1. The van der Waals surface area contributed by atoms with Crippen LogP contribution in [0.1, 0.15) is 48.5 Å². The van der Waals surface area contributed by atoms with Gasteiger partial charge in [0.25, 0.3) is 5.91 Å². The van der Waals surface area contributed by atoms with E-state index in [0.717, 1.165) is 31.4 Å². The number of unbranched alkanes of at least 4 members (excludes halogenated alkanes) is 1. The Kier molecular flexibility index (Phi) is 7.00. The smallest absolute Gasteiger partial charge is 0.251 e. The summed E-state index contributed by atoms with van der Waals surface area (Å²) < 4.78 is 0. The van der Waals surface area contributed by atoms with E-state index >= 15 is 0 Å². The number of nitrogens with one attached hydrogen (secondary N) is 2. The van der Waals surface area contributed by atoms with Crippen molar-refractivity contribution in [3.8, 4) is 0 Å². The predicted molar refractivity (Wildman–Crippen MR) is 114 cm³/mol. The van der Waals surface area contributed by atoms with E-state index in [4.69, 9.17) is 0 Å². The molecule has 6 nitrogen and oxygen atoms in total. The van der Waals surface area contributed by atoms with Crippen molar-refractivity contribution in [1.82, 2.24) is 5.32 Å². The van der Waals surface area contributed by atoms with Gasteiger partial charge in [-0.2, -0.15) is 0 Å². The van der Waals surface area contributed by atoms with Crippen molar-refractivity contribution >= 4 is 29.1 Å². The highest BCUT2D eigenvalue weighted by Gasteiger charge is 2.21. The number of rotatable bonds is 8. The van der Waals surface area contributed by atoms with E-state index in [2.05, 4.69) is 17.6 Å². The molecule has 1 fully saturated rings. The quantitative estimate of drug-likeness (QED) is 0.720. The maximum Gasteiger partial charge on any atom is 0.251 e. The highest BCUT2D eigenvalue weighted by atomic mass is 16.2. The topological polar surface area (TPSA) is 78.5 Å². The molecule has 6 heteroatoms. The zero-order valence-electron chi connectivity index (χ0n) is 16.7. The maximum absolute atomic E-state index is 12.3. The summed E-state index contributed by atoms with van der Waals surface area (Å²) in [4.78, 5) is 37.9. The molecule has 0 saturated carbocycles. The van der Waals surface area contributed by atoms with Crippen molar-refractivity contribution in [3.05, 3.63) is 59.7 Å². The average Bonchev–Trinajstić information content (AvgIpc) is 3.17. The van der Waals surface area contributed by atoms with E-state index in [-0.39, 0.29) is 24.3 Å². The molecule has 0 atom stereocenters. The molecule has 29 heavy (non-hydrogen) atoms. The molecule has 3 amide bonds. The highest BCUT2D eigenvalue weighted by molar-refractivity contribution is 6.00. The van der Waals surface area contributed by atoms with Gasteiger partial charge in [0.15, 0.2) is 0 Å². The van der Waals surface area contributed by atoms with Gasteiger partial charge >= 0.3 is 0 Å². The Bertz CT molecular complexity index is 860. The van der Waals surface area contributed by atoms with Gasteiger partial charge in [0, 0.05) is 29.9 Å². The lowest BCUT2D eigenvalue weighted by Gasteiger charge is -2.15. The second-order valence-corrected chi connectivity index (χ2v) is 7.23. The summed E-state index contributed by atoms with van der Waals surface area (Å²) >= 11 is 0. The molecule has 2 aromatic rings. The SMILES string of the molecule is CCCCc1ccc(NC(=O)CNC(=O)c2ccc(N3CCCC3=O)cc2)cc1. The van der Waals surface area contributed by atoms with Crippen molar-refractivity contribution in [1.29, 1.82) is 0 Å². The van der Waals surface area contributed by atoms with Crippen LogP contribution in [0.2, 0.25) is 0 Å². The molecular weight excluding hydrogens is 366 g/mol. The lowest BCUT2D eigenvalue weighted by molar-refractivity contribution is -0.117. The maximum atomic E-state index is 12.3. The van der Waals surface area contributed by atoms with Crippen LogP contribution in [-0.2, 0) is 16.0 Å². The Labute approximate surface area is 171 Å². The van der Waals surface area contributed by atoms with Crippen LogP contribution in [0.5, 0.6) is 0 Å². The number of amides is 3. The number of anilines is 2. The molecule has 1 aliphatic rings. The predicted octanol–water partition coefficient (Wildman–Crippen LogP) is 3.52. The fourth-order valence-corrected chi connectivity index (χ4v) is 3.32. The summed E-state index contributed by atoms with van der Waals surface area (Å²) in [6, 6.07) is 14.6. The first-order valence-electron chi connectivity index (χ1n) is 10.1. The zero-order valence-corrected chi connectivity index (χ0v) is 16.7. The van der Waals surface area contributed by atoms with E-state index in [9.17, 15) is 14.4 Å². The number of nitrogens with zero attached hydrogens (tertiary/aromatic N) is 1. The van der Waals surface area contributed by atoms with Gasteiger partial charge in [0.05, 0.1) is 6.54 Å². The Morgan fingerprint density at radius 3 is 2.38 bits per heavy atom. The van der Waals surface area contributed by atoms with E-state index in [1.54, 1.807) is 29.2 Å². The lowest BCUT2D eigenvalue weighted by Crippen LogP contribution is -2.32. The largest absolute Gasteiger partial charge is 0.343 e. The van der Waals surface area contributed by atoms with Crippen molar-refractivity contribution in [2.75, 3.05) is 23.3 Å². The standard InChI is InChI=1S/C23H27N3O3/c1-2-3-5-17-7-11-19(12-8-17)25-21(27)16-24-23(29)18-9-13-20(14-10-18)26-15-4-6-22(26)28/h7-14H,2-6,15-16H2,1H3,(H,24,29)(H,25,27). The Morgan fingerprint density at radius 1 is 1.03 bits per heavy atom. The minimum absolute atomic E-state index is 0.108. The number of hydrogen-bond acceptors (Lipinski definition) is 3. The minimum atomic E-state index is -0.325. The molecule has 0 bridgehead atoms. The second kappa shape index (κ2) is 9.87. The molecule has 0 aliphatic carbocycles. The van der Waals surface area contributed by atoms with Gasteiger partial charge in [0.1, 0.15) is 0 Å². The molecule has 0 aromatic heterocycles. The number of carbonyl (C=O) groups is 3. The van der Waals surface area contributed by atoms with Crippen molar-refractivity contribution in [2.24, 2.45) is 0 Å². The van der Waals surface area contributed by atoms with E-state index < -0.39 is 0 Å². The molecular formula is C23H27N3O3. The third-order valence-electron chi connectivity index (χ3n) is 4.98. The van der Waals surface area contributed by atoms with Crippen LogP contribution >= 0.6 is 0 Å². The van der Waals surface area contributed by atoms with Crippen LogP contribution < -0.4 is 15.5 Å². The molecule has 1 heterocycles. The van der Waals surface area contributed by atoms with Gasteiger partial charge < -0.3 is 15.5 Å². The molecule has 1 saturated heterocycles. The van der Waals surface area contributed by atoms with Crippen molar-refractivity contribution in [3.63, 3.8) is 0 Å². The summed E-state index contributed by atoms with van der Waals surface area (Å²) in [5, 5.41) is 5.41. The van der Waals surface area contributed by atoms with Crippen LogP contribution in [0, 0.1) is 0 Å². The van der Waals surface area contributed by atoms with E-state index in [0.29, 0.717) is 24.2 Å². The number of carbonyl (C=O) groups excluding carboxylic acids is 3. The Morgan fingerprint density at radius 2 is 1.76 bits per heavy atom. The fourth-order valence-electron chi connectivity index (χ4n) is 3.32. The second-order valence-electron chi connectivity index (χ2n) is 7.23. The third kappa shape index (κ3) is 5.67. The van der Waals surface area contributed by atoms with Gasteiger partial charge in [-0.05, 0) is 61.2 Å². The Hall–Kier alpha value is -3.15. The van der Waals surface area contributed by atoms with Crippen LogP contribution in [0.4, 0.5) is 11.4 Å². The van der Waals surface area contributed by atoms with Crippen LogP contribution in [0.15, 0.2) is 48.5 Å². The van der Waals surface area contributed by atoms with Crippen LogP contribution in [0.25, 0.3) is 0 Å². The number of benzene rings is 2. The summed E-state index contributed by atoms with van der Waals surface area (Å²) in [6.45, 7) is 2.76. The first kappa shape index (κ1) is 20.6. The van der Waals surface area contributed by atoms with Gasteiger partial charge in [-0.3, -0.25) is 14.4 Å². The van der Waals surface area contributed by atoms with Crippen LogP contribution in [0.3, 0.4) is 0 Å². The molecule has 3 rings (SSSR count). The first-order chi connectivity index (χ1) is 14.1. The summed E-state index contributed by atoms with van der Waals surface area (Å²) in [6.07, 6.45) is 4.76. The van der Waals surface area contributed by atoms with Gasteiger partial charge in [-0.25, -0.2) is 0 Å². The molecule has 2 aromatic carbocycles. The van der Waals surface area contributed by atoms with E-state index in [1.807, 2.05) is 24.3 Å². The average molecular weight is 393 g/mol. The molecule has 152 valence electrons. The van der Waals surface area contributed by atoms with Gasteiger partial charge in [0.2, 0.25) is 11.8 Å². The minimum Gasteiger partial charge on any atom is -0.343 e. The molecule has 1 aliphatic heterocycles.